The molecule has 1 heterocycles. The van der Waals surface area contributed by atoms with E-state index in [1.807, 2.05) is 31.1 Å². The third kappa shape index (κ3) is 3.27. The van der Waals surface area contributed by atoms with Crippen LogP contribution in [0.1, 0.15) is 13.8 Å². The molecule has 1 aromatic heterocycles. The van der Waals surface area contributed by atoms with Gasteiger partial charge in [0, 0.05) is 23.9 Å². The predicted octanol–water partition coefficient (Wildman–Crippen LogP) is 2.87. The molecule has 0 unspecified atom stereocenters. The third-order valence-electron chi connectivity index (χ3n) is 1.58. The van der Waals surface area contributed by atoms with Gasteiger partial charge in [0.15, 0.2) is 0 Å². The molecule has 2 nitrogen and oxygen atoms in total. The molecule has 0 aliphatic carbocycles. The van der Waals surface area contributed by atoms with Crippen molar-refractivity contribution < 1.29 is 0 Å². The number of nitrogens with one attached hydrogen (secondary N) is 1. The van der Waals surface area contributed by atoms with Gasteiger partial charge < -0.3 is 5.32 Å². The van der Waals surface area contributed by atoms with Crippen LogP contribution in [0.25, 0.3) is 0 Å². The van der Waals surface area contributed by atoms with Crippen LogP contribution in [0.3, 0.4) is 0 Å². The topological polar surface area (TPSA) is 24.9 Å². The first-order chi connectivity index (χ1) is 6.24. The molecule has 0 saturated heterocycles. The fraction of sp³-hybridized carbons (Fsp3) is 0.500. The minimum atomic E-state index is 0.718. The molecule has 1 N–H and O–H groups in total. The minimum Gasteiger partial charge on any atom is -0.372 e. The van der Waals surface area contributed by atoms with Crippen LogP contribution in [0.15, 0.2) is 23.2 Å². The maximum Gasteiger partial charge on any atom is 0.139 e. The van der Waals surface area contributed by atoms with E-state index in [0.717, 1.165) is 17.5 Å². The summed E-state index contributed by atoms with van der Waals surface area (Å²) in [6.45, 7) is 4.45. The van der Waals surface area contributed by atoms with Crippen LogP contribution < -0.4 is 5.32 Å². The second-order valence-electron chi connectivity index (χ2n) is 3.30. The van der Waals surface area contributed by atoms with E-state index in [1.165, 1.54) is 4.90 Å². The fourth-order valence-electron chi connectivity index (χ4n) is 0.951. The van der Waals surface area contributed by atoms with Gasteiger partial charge >= 0.3 is 0 Å². The van der Waals surface area contributed by atoms with Crippen LogP contribution >= 0.6 is 11.8 Å². The van der Waals surface area contributed by atoms with Gasteiger partial charge in [-0.15, -0.1) is 11.8 Å². The summed E-state index contributed by atoms with van der Waals surface area (Å²) in [5.41, 5.74) is 0. The number of thioether (sulfide) groups is 1. The van der Waals surface area contributed by atoms with E-state index in [0.29, 0.717) is 0 Å². The van der Waals surface area contributed by atoms with Gasteiger partial charge in [0.2, 0.25) is 0 Å². The van der Waals surface area contributed by atoms with Gasteiger partial charge in [-0.2, -0.15) is 0 Å². The monoisotopic (exact) mass is 196 g/mol. The number of rotatable bonds is 4. The molecular weight excluding hydrogens is 180 g/mol. The molecule has 0 atom stereocenters. The molecule has 3 heteroatoms. The highest BCUT2D eigenvalue weighted by molar-refractivity contribution is 7.99. The minimum absolute atomic E-state index is 0.718. The van der Waals surface area contributed by atoms with E-state index in [9.17, 15) is 0 Å². The molecule has 0 bridgehead atoms. The van der Waals surface area contributed by atoms with Crippen molar-refractivity contribution in [2.24, 2.45) is 5.92 Å². The van der Waals surface area contributed by atoms with Crippen molar-refractivity contribution in [1.82, 2.24) is 4.98 Å². The molecular formula is C10H16N2S. The largest absolute Gasteiger partial charge is 0.372 e. The lowest BCUT2D eigenvalue weighted by Crippen LogP contribution is -1.96. The van der Waals surface area contributed by atoms with Crippen molar-refractivity contribution in [3.05, 3.63) is 18.3 Å². The molecule has 0 radical (unpaired) electrons. The van der Waals surface area contributed by atoms with Crippen molar-refractivity contribution in [3.63, 3.8) is 0 Å². The Labute approximate surface area is 84.1 Å². The Morgan fingerprint density at radius 3 is 2.92 bits per heavy atom. The van der Waals surface area contributed by atoms with Crippen molar-refractivity contribution in [2.75, 3.05) is 18.1 Å². The number of nitrogens with zero attached hydrogens (tertiary/aromatic N) is 1. The first-order valence-corrected chi connectivity index (χ1v) is 5.48. The van der Waals surface area contributed by atoms with Crippen molar-refractivity contribution in [3.8, 4) is 0 Å². The third-order valence-corrected chi connectivity index (χ3v) is 3.05. The van der Waals surface area contributed by atoms with Gasteiger partial charge in [-0.3, -0.25) is 0 Å². The van der Waals surface area contributed by atoms with Crippen molar-refractivity contribution in [2.45, 2.75) is 18.7 Å². The van der Waals surface area contributed by atoms with Gasteiger partial charge in [0.25, 0.3) is 0 Å². The smallest absolute Gasteiger partial charge is 0.139 e. The molecule has 0 fully saturated rings. The quantitative estimate of drug-likeness (QED) is 0.750. The lowest BCUT2D eigenvalue weighted by molar-refractivity contribution is 0.750. The molecule has 0 amide bonds. The summed E-state index contributed by atoms with van der Waals surface area (Å²) in [6.07, 6.45) is 1.81. The van der Waals surface area contributed by atoms with Crippen LogP contribution in [0.2, 0.25) is 0 Å². The summed E-state index contributed by atoms with van der Waals surface area (Å²) in [7, 11) is 1.90. The van der Waals surface area contributed by atoms with Gasteiger partial charge in [-0.05, 0) is 18.1 Å². The van der Waals surface area contributed by atoms with E-state index in [1.54, 1.807) is 0 Å². The molecule has 0 aromatic carbocycles. The number of hydrogen-bond donors (Lipinski definition) is 1. The molecule has 1 aromatic rings. The van der Waals surface area contributed by atoms with Crippen LogP contribution in [-0.2, 0) is 0 Å². The van der Waals surface area contributed by atoms with Crippen LogP contribution in [0.5, 0.6) is 0 Å². The summed E-state index contributed by atoms with van der Waals surface area (Å²) in [5, 5.41) is 3.09. The highest BCUT2D eigenvalue weighted by atomic mass is 32.2. The second kappa shape index (κ2) is 5.12. The number of anilines is 1. The van der Waals surface area contributed by atoms with Crippen molar-refractivity contribution >= 4 is 17.6 Å². The maximum atomic E-state index is 4.24. The van der Waals surface area contributed by atoms with Crippen molar-refractivity contribution in [1.29, 1.82) is 0 Å². The summed E-state index contributed by atoms with van der Waals surface area (Å²) in [5.74, 6) is 2.84. The summed E-state index contributed by atoms with van der Waals surface area (Å²) < 4.78 is 0. The van der Waals surface area contributed by atoms with Crippen LogP contribution in [0, 0.1) is 5.92 Å². The zero-order chi connectivity index (χ0) is 9.68. The predicted molar refractivity (Wildman–Crippen MR) is 59.3 cm³/mol. The first kappa shape index (κ1) is 10.4. The molecule has 0 aliphatic heterocycles. The molecule has 1 rings (SSSR count). The lowest BCUT2D eigenvalue weighted by Gasteiger charge is -2.08. The Balaban J connectivity index is 2.64. The van der Waals surface area contributed by atoms with Gasteiger partial charge in [-0.25, -0.2) is 4.98 Å². The van der Waals surface area contributed by atoms with E-state index in [4.69, 9.17) is 0 Å². The Morgan fingerprint density at radius 1 is 1.54 bits per heavy atom. The van der Waals surface area contributed by atoms with Gasteiger partial charge in [0.1, 0.15) is 5.82 Å². The highest BCUT2D eigenvalue weighted by Gasteiger charge is 2.02. The molecule has 0 aliphatic rings. The van der Waals surface area contributed by atoms with Gasteiger partial charge in [-0.1, -0.05) is 13.8 Å². The van der Waals surface area contributed by atoms with E-state index in [-0.39, 0.29) is 0 Å². The normalized spacial score (nSPS) is 10.5. The van der Waals surface area contributed by atoms with Crippen LogP contribution in [-0.4, -0.2) is 17.8 Å². The number of hydrogen-bond acceptors (Lipinski definition) is 3. The van der Waals surface area contributed by atoms with E-state index in [2.05, 4.69) is 30.2 Å². The zero-order valence-corrected chi connectivity index (χ0v) is 9.19. The highest BCUT2D eigenvalue weighted by Crippen LogP contribution is 2.25. The molecule has 0 spiro atoms. The lowest BCUT2D eigenvalue weighted by atomic mass is 10.3. The molecule has 0 saturated carbocycles. The Bertz CT molecular complexity index is 261. The number of aromatic nitrogens is 1. The SMILES string of the molecule is CNc1ncccc1SCC(C)C. The average Bonchev–Trinajstić information content (AvgIpc) is 2.15. The van der Waals surface area contributed by atoms with Crippen LogP contribution in [0.4, 0.5) is 5.82 Å². The van der Waals surface area contributed by atoms with E-state index >= 15 is 0 Å². The first-order valence-electron chi connectivity index (χ1n) is 4.49. The maximum absolute atomic E-state index is 4.24. The molecule has 72 valence electrons. The second-order valence-corrected chi connectivity index (χ2v) is 4.37. The zero-order valence-electron chi connectivity index (χ0n) is 8.37. The average molecular weight is 196 g/mol. The van der Waals surface area contributed by atoms with Gasteiger partial charge in [0.05, 0.1) is 0 Å². The summed E-state index contributed by atoms with van der Waals surface area (Å²) in [6, 6.07) is 4.08. The standard InChI is InChI=1S/C10H16N2S/c1-8(2)7-13-9-5-4-6-12-10(9)11-3/h4-6,8H,7H2,1-3H3,(H,11,12). The Kier molecular flexibility index (Phi) is 4.09. The number of pyridine rings is 1. The molecule has 13 heavy (non-hydrogen) atoms. The Hall–Kier alpha value is -0.700. The summed E-state index contributed by atoms with van der Waals surface area (Å²) >= 11 is 1.85. The fourth-order valence-corrected chi connectivity index (χ4v) is 1.93. The summed E-state index contributed by atoms with van der Waals surface area (Å²) in [4.78, 5) is 5.48. The Morgan fingerprint density at radius 2 is 2.31 bits per heavy atom. The van der Waals surface area contributed by atoms with E-state index < -0.39 is 0 Å².